The fourth-order valence-corrected chi connectivity index (χ4v) is 2.48. The van der Waals surface area contributed by atoms with Crippen LogP contribution in [0.1, 0.15) is 44.9 Å². The summed E-state index contributed by atoms with van der Waals surface area (Å²) in [5.74, 6) is 1.11. The third kappa shape index (κ3) is 3.39. The molecule has 2 N–H and O–H groups in total. The minimum Gasteiger partial charge on any atom is -0.324 e. The number of thioether (sulfide) groups is 1. The van der Waals surface area contributed by atoms with Crippen molar-refractivity contribution in [3.8, 4) is 0 Å². The van der Waals surface area contributed by atoms with E-state index < -0.39 is 0 Å². The zero-order chi connectivity index (χ0) is 12.1. The van der Waals surface area contributed by atoms with E-state index in [2.05, 4.69) is 45.0 Å². The second-order valence-corrected chi connectivity index (χ2v) is 5.45. The second kappa shape index (κ2) is 6.12. The molecule has 0 aliphatic carbocycles. The van der Waals surface area contributed by atoms with Gasteiger partial charge in [-0.3, -0.25) is 0 Å². The number of hydrogen-bond donors (Lipinski definition) is 1. The fraction of sp³-hybridized carbons (Fsp3) is 0.429. The molecule has 0 aliphatic heterocycles. The maximum atomic E-state index is 5.84. The molecule has 0 unspecified atom stereocenters. The van der Waals surface area contributed by atoms with Gasteiger partial charge in [0.25, 0.3) is 0 Å². The van der Waals surface area contributed by atoms with Crippen LogP contribution in [-0.2, 0) is 0 Å². The molecule has 0 bridgehead atoms. The molecule has 0 saturated heterocycles. The van der Waals surface area contributed by atoms with E-state index in [1.165, 1.54) is 21.6 Å². The van der Waals surface area contributed by atoms with E-state index in [1.807, 2.05) is 18.7 Å². The number of allylic oxidation sites excluding steroid dienone is 1. The lowest BCUT2D eigenvalue weighted by molar-refractivity contribution is 0.818. The molecule has 1 atom stereocenters. The van der Waals surface area contributed by atoms with Gasteiger partial charge < -0.3 is 5.73 Å². The number of nitrogens with two attached hydrogens (primary N) is 1. The molecule has 16 heavy (non-hydrogen) atoms. The summed E-state index contributed by atoms with van der Waals surface area (Å²) in [5.41, 5.74) is 9.71. The quantitative estimate of drug-likeness (QED) is 0.846. The first-order chi connectivity index (χ1) is 7.56. The maximum absolute atomic E-state index is 5.84. The van der Waals surface area contributed by atoms with Gasteiger partial charge in [-0.1, -0.05) is 36.8 Å². The Bertz CT molecular complexity index is 359. The smallest absolute Gasteiger partial charge is 0.0266 e. The Morgan fingerprint density at radius 2 is 1.81 bits per heavy atom. The average Bonchev–Trinajstić information content (AvgIpc) is 2.25. The highest BCUT2D eigenvalue weighted by molar-refractivity contribution is 8.08. The minimum atomic E-state index is 0.114. The molecule has 88 valence electrons. The Labute approximate surface area is 103 Å². The summed E-state index contributed by atoms with van der Waals surface area (Å²) in [7, 11) is 0. The second-order valence-electron chi connectivity index (χ2n) is 4.17. The summed E-state index contributed by atoms with van der Waals surface area (Å²) >= 11 is 1.90. The minimum absolute atomic E-state index is 0.114. The summed E-state index contributed by atoms with van der Waals surface area (Å²) in [4.78, 5) is 1.39. The van der Waals surface area contributed by atoms with Gasteiger partial charge >= 0.3 is 0 Å². The van der Waals surface area contributed by atoms with E-state index in [0.717, 1.165) is 5.75 Å². The maximum Gasteiger partial charge on any atom is 0.0266 e. The predicted octanol–water partition coefficient (Wildman–Crippen LogP) is 4.21. The predicted molar refractivity (Wildman–Crippen MR) is 75.4 cm³/mol. The van der Waals surface area contributed by atoms with Crippen LogP contribution in [0.15, 0.2) is 29.8 Å². The van der Waals surface area contributed by atoms with Gasteiger partial charge in [-0.05, 0) is 37.7 Å². The van der Waals surface area contributed by atoms with Gasteiger partial charge in [-0.25, -0.2) is 0 Å². The van der Waals surface area contributed by atoms with E-state index >= 15 is 0 Å². The molecule has 1 aromatic rings. The Kier molecular flexibility index (Phi) is 5.10. The van der Waals surface area contributed by atoms with Gasteiger partial charge in [-0.15, -0.1) is 11.8 Å². The third-order valence-electron chi connectivity index (χ3n) is 2.44. The van der Waals surface area contributed by atoms with Gasteiger partial charge in [0.2, 0.25) is 0 Å². The van der Waals surface area contributed by atoms with E-state index in [4.69, 9.17) is 5.73 Å². The zero-order valence-corrected chi connectivity index (χ0v) is 11.4. The fourth-order valence-electron chi connectivity index (χ4n) is 1.60. The van der Waals surface area contributed by atoms with Crippen molar-refractivity contribution in [1.29, 1.82) is 0 Å². The lowest BCUT2D eigenvalue weighted by Gasteiger charge is -2.11. The monoisotopic (exact) mass is 235 g/mol. The molecule has 0 aromatic heterocycles. The van der Waals surface area contributed by atoms with Crippen LogP contribution >= 0.6 is 11.8 Å². The summed E-state index contributed by atoms with van der Waals surface area (Å²) in [5, 5.41) is 0. The molecule has 1 aromatic carbocycles. The summed E-state index contributed by atoms with van der Waals surface area (Å²) in [6, 6.07) is 8.70. The van der Waals surface area contributed by atoms with Gasteiger partial charge in [0.15, 0.2) is 0 Å². The number of rotatable bonds is 4. The lowest BCUT2D eigenvalue weighted by atomic mass is 10.1. The molecule has 0 spiro atoms. The van der Waals surface area contributed by atoms with Crippen LogP contribution in [0.5, 0.6) is 0 Å². The van der Waals surface area contributed by atoms with Crippen molar-refractivity contribution >= 4 is 16.7 Å². The third-order valence-corrected chi connectivity index (χ3v) is 3.66. The van der Waals surface area contributed by atoms with Crippen LogP contribution in [0.4, 0.5) is 0 Å². The normalized spacial score (nSPS) is 12.3. The topological polar surface area (TPSA) is 26.0 Å². The Balaban J connectivity index is 3.00. The summed E-state index contributed by atoms with van der Waals surface area (Å²) < 4.78 is 0. The van der Waals surface area contributed by atoms with Crippen molar-refractivity contribution in [3.05, 3.63) is 41.0 Å². The molecule has 0 radical (unpaired) electrons. The lowest BCUT2D eigenvalue weighted by Crippen LogP contribution is -2.04. The number of benzene rings is 1. The summed E-state index contributed by atoms with van der Waals surface area (Å²) in [6.07, 6.45) is 0. The van der Waals surface area contributed by atoms with Crippen molar-refractivity contribution < 1.29 is 0 Å². The molecular formula is C14H21NS. The molecule has 0 fully saturated rings. The SMILES string of the molecule is CCSC(=C(C)C)c1ccc([C@H](C)N)cc1. The molecule has 1 nitrogen and oxygen atoms in total. The van der Waals surface area contributed by atoms with Gasteiger partial charge in [0, 0.05) is 10.9 Å². The van der Waals surface area contributed by atoms with Crippen molar-refractivity contribution in [3.63, 3.8) is 0 Å². The standard InChI is InChI=1S/C14H21NS/c1-5-16-14(10(2)3)13-8-6-12(7-9-13)11(4)15/h6-9,11H,5,15H2,1-4H3/t11-/m0/s1. The van der Waals surface area contributed by atoms with Crippen molar-refractivity contribution in [2.24, 2.45) is 5.73 Å². The summed E-state index contributed by atoms with van der Waals surface area (Å²) in [6.45, 7) is 8.52. The van der Waals surface area contributed by atoms with Crippen LogP contribution in [-0.4, -0.2) is 5.75 Å². The molecule has 0 heterocycles. The van der Waals surface area contributed by atoms with E-state index in [-0.39, 0.29) is 6.04 Å². The molecular weight excluding hydrogens is 214 g/mol. The first-order valence-corrected chi connectivity index (χ1v) is 6.71. The molecule has 2 heteroatoms. The largest absolute Gasteiger partial charge is 0.324 e. The molecule has 0 saturated carbocycles. The molecule has 0 amide bonds. The molecule has 0 aliphatic rings. The van der Waals surface area contributed by atoms with Crippen molar-refractivity contribution in [1.82, 2.24) is 0 Å². The van der Waals surface area contributed by atoms with E-state index in [1.54, 1.807) is 0 Å². The van der Waals surface area contributed by atoms with Gasteiger partial charge in [0.05, 0.1) is 0 Å². The van der Waals surface area contributed by atoms with Gasteiger partial charge in [0.1, 0.15) is 0 Å². The highest BCUT2D eigenvalue weighted by Crippen LogP contribution is 2.30. The Morgan fingerprint density at radius 1 is 1.25 bits per heavy atom. The average molecular weight is 235 g/mol. The van der Waals surface area contributed by atoms with Gasteiger partial charge in [-0.2, -0.15) is 0 Å². The highest BCUT2D eigenvalue weighted by atomic mass is 32.2. The van der Waals surface area contributed by atoms with Crippen LogP contribution in [0.3, 0.4) is 0 Å². The van der Waals surface area contributed by atoms with Crippen molar-refractivity contribution in [2.75, 3.05) is 5.75 Å². The van der Waals surface area contributed by atoms with Crippen molar-refractivity contribution in [2.45, 2.75) is 33.7 Å². The van der Waals surface area contributed by atoms with Crippen LogP contribution in [0.25, 0.3) is 4.91 Å². The first kappa shape index (κ1) is 13.3. The molecule has 1 rings (SSSR count). The van der Waals surface area contributed by atoms with Crippen LogP contribution in [0, 0.1) is 0 Å². The highest BCUT2D eigenvalue weighted by Gasteiger charge is 2.05. The Morgan fingerprint density at radius 3 is 2.19 bits per heavy atom. The van der Waals surface area contributed by atoms with E-state index in [9.17, 15) is 0 Å². The van der Waals surface area contributed by atoms with Crippen LogP contribution < -0.4 is 5.73 Å². The first-order valence-electron chi connectivity index (χ1n) is 5.72. The zero-order valence-electron chi connectivity index (χ0n) is 10.6. The number of hydrogen-bond acceptors (Lipinski definition) is 2. The van der Waals surface area contributed by atoms with Crippen LogP contribution in [0.2, 0.25) is 0 Å². The van der Waals surface area contributed by atoms with E-state index in [0.29, 0.717) is 0 Å². The Hall–Kier alpha value is -0.730.